The normalized spacial score (nSPS) is 13.5. The van der Waals surface area contributed by atoms with Gasteiger partial charge in [0, 0.05) is 37.9 Å². The van der Waals surface area contributed by atoms with Crippen molar-refractivity contribution >= 4 is 11.6 Å². The largest absolute Gasteiger partial charge is 0.431 e. The van der Waals surface area contributed by atoms with Crippen LogP contribution in [0.4, 0.5) is 23.2 Å². The molecule has 1 amide bonds. The van der Waals surface area contributed by atoms with Crippen molar-refractivity contribution in [2.45, 2.75) is 34.0 Å². The number of halogens is 4. The van der Waals surface area contributed by atoms with Gasteiger partial charge in [-0.15, -0.1) is 0 Å². The maximum absolute atomic E-state index is 12.5. The van der Waals surface area contributed by atoms with E-state index in [1.165, 1.54) is 17.7 Å². The number of alkyl halides is 4. The van der Waals surface area contributed by atoms with E-state index in [2.05, 4.69) is 28.5 Å². The molecular weight excluding hydrogens is 442 g/mol. The maximum Gasteiger partial charge on any atom is 0.387 e. The second kappa shape index (κ2) is 14.9. The Labute approximate surface area is 191 Å². The van der Waals surface area contributed by atoms with Crippen LogP contribution < -0.4 is 20.1 Å². The number of anilines is 1. The van der Waals surface area contributed by atoms with E-state index in [-0.39, 0.29) is 6.54 Å². The first kappa shape index (κ1) is 28.0. The van der Waals surface area contributed by atoms with Crippen molar-refractivity contribution in [3.05, 3.63) is 54.1 Å². The van der Waals surface area contributed by atoms with Crippen LogP contribution in [0.2, 0.25) is 0 Å². The van der Waals surface area contributed by atoms with Gasteiger partial charge in [-0.2, -0.15) is 17.6 Å². The molecule has 10 heteroatoms. The Bertz CT molecular complexity index is 818. The van der Waals surface area contributed by atoms with E-state index in [4.69, 9.17) is 5.73 Å². The van der Waals surface area contributed by atoms with Crippen molar-refractivity contribution in [2.24, 2.45) is 5.73 Å². The number of nitrogens with two attached hydrogens (primary N) is 1. The van der Waals surface area contributed by atoms with Gasteiger partial charge in [-0.25, -0.2) is 0 Å². The number of benzene rings is 2. The number of piperazine rings is 1. The quantitative estimate of drug-likeness (QED) is 0.599. The van der Waals surface area contributed by atoms with E-state index >= 15 is 0 Å². The van der Waals surface area contributed by atoms with Crippen LogP contribution in [-0.2, 0) is 4.79 Å². The van der Waals surface area contributed by atoms with Crippen molar-refractivity contribution in [3.8, 4) is 11.5 Å². The highest BCUT2D eigenvalue weighted by Gasteiger charge is 2.21. The standard InChI is InChI=1S/C14H17F4N3O3.C7H8.C2H6/c15-13(16)23-10-2-1-9(7-11(10)24-14(17)18)21-5-3-20(4-6-21)8-12(19)22;1-7-5-3-2-4-6-7;1-2/h1-2,7,13-14H,3-6,8H2,(H2,19,22);2-6H,1H3;1-2H3. The van der Waals surface area contributed by atoms with Crippen molar-refractivity contribution in [3.63, 3.8) is 0 Å². The van der Waals surface area contributed by atoms with Crippen molar-refractivity contribution < 1.29 is 31.8 Å². The minimum Gasteiger partial charge on any atom is -0.431 e. The molecule has 0 aliphatic carbocycles. The van der Waals surface area contributed by atoms with E-state index < -0.39 is 30.6 Å². The number of hydrogen-bond donors (Lipinski definition) is 1. The molecule has 2 aromatic rings. The number of rotatable bonds is 7. The molecule has 2 aromatic carbocycles. The summed E-state index contributed by atoms with van der Waals surface area (Å²) in [6.45, 7) is 2.09. The fourth-order valence-corrected chi connectivity index (χ4v) is 2.99. The molecule has 0 aromatic heterocycles. The first-order chi connectivity index (χ1) is 15.7. The summed E-state index contributed by atoms with van der Waals surface area (Å²) in [5.74, 6) is -1.34. The fourth-order valence-electron chi connectivity index (χ4n) is 2.99. The predicted molar refractivity (Wildman–Crippen MR) is 120 cm³/mol. The van der Waals surface area contributed by atoms with Crippen LogP contribution in [0.3, 0.4) is 0 Å². The molecule has 0 radical (unpaired) electrons. The summed E-state index contributed by atoms with van der Waals surface area (Å²) in [6, 6.07) is 14.1. The highest BCUT2D eigenvalue weighted by atomic mass is 19.3. The summed E-state index contributed by atoms with van der Waals surface area (Å²) in [4.78, 5) is 14.6. The summed E-state index contributed by atoms with van der Waals surface area (Å²) in [5, 5.41) is 0. The number of primary amides is 1. The Balaban J connectivity index is 0.000000508. The second-order valence-electron chi connectivity index (χ2n) is 6.77. The molecule has 6 nitrogen and oxygen atoms in total. The number of hydrogen-bond acceptors (Lipinski definition) is 5. The van der Waals surface area contributed by atoms with Gasteiger partial charge in [-0.1, -0.05) is 49.7 Å². The number of ether oxygens (including phenoxy) is 2. The van der Waals surface area contributed by atoms with E-state index in [1.54, 1.807) is 0 Å². The van der Waals surface area contributed by atoms with Gasteiger partial charge < -0.3 is 20.1 Å². The third-order valence-corrected chi connectivity index (χ3v) is 4.42. The third kappa shape index (κ3) is 10.9. The zero-order valence-corrected chi connectivity index (χ0v) is 19.0. The highest BCUT2D eigenvalue weighted by Crippen LogP contribution is 2.34. The molecule has 0 atom stereocenters. The lowest BCUT2D eigenvalue weighted by Crippen LogP contribution is -2.48. The summed E-state index contributed by atoms with van der Waals surface area (Å²) in [7, 11) is 0. The summed E-state index contributed by atoms with van der Waals surface area (Å²) < 4.78 is 58.0. The van der Waals surface area contributed by atoms with Gasteiger partial charge in [0.15, 0.2) is 11.5 Å². The lowest BCUT2D eigenvalue weighted by Gasteiger charge is -2.35. The Hall–Kier alpha value is -3.01. The number of carbonyl (C=O) groups is 1. The zero-order chi connectivity index (χ0) is 24.8. The first-order valence-electron chi connectivity index (χ1n) is 10.6. The van der Waals surface area contributed by atoms with Gasteiger partial charge >= 0.3 is 13.2 Å². The highest BCUT2D eigenvalue weighted by molar-refractivity contribution is 5.76. The average molecular weight is 474 g/mol. The number of amides is 1. The molecule has 0 saturated carbocycles. The number of carbonyl (C=O) groups excluding carboxylic acids is 1. The zero-order valence-electron chi connectivity index (χ0n) is 19.0. The third-order valence-electron chi connectivity index (χ3n) is 4.42. The Morgan fingerprint density at radius 1 is 0.909 bits per heavy atom. The monoisotopic (exact) mass is 473 g/mol. The molecule has 2 N–H and O–H groups in total. The maximum atomic E-state index is 12.5. The fraction of sp³-hybridized carbons (Fsp3) is 0.435. The molecule has 0 spiro atoms. The molecule has 0 unspecified atom stereocenters. The van der Waals surface area contributed by atoms with Gasteiger partial charge in [-0.05, 0) is 19.1 Å². The van der Waals surface area contributed by atoms with E-state index in [0.29, 0.717) is 31.9 Å². The smallest absolute Gasteiger partial charge is 0.387 e. The summed E-state index contributed by atoms with van der Waals surface area (Å²) in [6.07, 6.45) is 0. The van der Waals surface area contributed by atoms with Crippen molar-refractivity contribution in [1.82, 2.24) is 4.90 Å². The van der Waals surface area contributed by atoms with Gasteiger partial charge in [0.25, 0.3) is 0 Å². The van der Waals surface area contributed by atoms with Crippen LogP contribution in [0.1, 0.15) is 19.4 Å². The van der Waals surface area contributed by atoms with Crippen molar-refractivity contribution in [1.29, 1.82) is 0 Å². The summed E-state index contributed by atoms with van der Waals surface area (Å²) in [5.41, 5.74) is 6.99. The Morgan fingerprint density at radius 3 is 1.91 bits per heavy atom. The number of nitrogens with zero attached hydrogens (tertiary/aromatic N) is 2. The van der Waals surface area contributed by atoms with Gasteiger partial charge in [0.1, 0.15) is 0 Å². The van der Waals surface area contributed by atoms with Crippen molar-refractivity contribution in [2.75, 3.05) is 37.6 Å². The molecule has 33 heavy (non-hydrogen) atoms. The molecule has 1 aliphatic rings. The molecule has 1 saturated heterocycles. The van der Waals surface area contributed by atoms with E-state index in [1.807, 2.05) is 41.8 Å². The molecular formula is C23H31F4N3O3. The predicted octanol–water partition coefficient (Wildman–Crippen LogP) is 4.52. The van der Waals surface area contributed by atoms with Gasteiger partial charge in [0.2, 0.25) is 5.91 Å². The lowest BCUT2D eigenvalue weighted by atomic mass is 10.2. The second-order valence-corrected chi connectivity index (χ2v) is 6.77. The number of aryl methyl sites for hydroxylation is 1. The van der Waals surface area contributed by atoms with Gasteiger partial charge in [-0.3, -0.25) is 9.69 Å². The molecule has 1 aliphatic heterocycles. The van der Waals surface area contributed by atoms with E-state index in [9.17, 15) is 22.4 Å². The van der Waals surface area contributed by atoms with Crippen LogP contribution in [0, 0.1) is 6.92 Å². The SMILES string of the molecule is CC.Cc1ccccc1.NC(=O)CN1CCN(c2ccc(OC(F)F)c(OC(F)F)c2)CC1. The topological polar surface area (TPSA) is 68.0 Å². The van der Waals surface area contributed by atoms with E-state index in [0.717, 1.165) is 6.07 Å². The molecule has 1 heterocycles. The minimum absolute atomic E-state index is 0.148. The summed E-state index contributed by atoms with van der Waals surface area (Å²) >= 11 is 0. The van der Waals surface area contributed by atoms with Crippen LogP contribution in [0.15, 0.2) is 48.5 Å². The average Bonchev–Trinajstić information content (AvgIpc) is 2.77. The minimum atomic E-state index is -3.16. The molecule has 3 rings (SSSR count). The lowest BCUT2D eigenvalue weighted by molar-refractivity contribution is -0.119. The molecule has 1 fully saturated rings. The first-order valence-corrected chi connectivity index (χ1v) is 10.6. The van der Waals surface area contributed by atoms with Crippen LogP contribution in [0.25, 0.3) is 0 Å². The van der Waals surface area contributed by atoms with Crippen LogP contribution >= 0.6 is 0 Å². The molecule has 0 bridgehead atoms. The Morgan fingerprint density at radius 2 is 1.45 bits per heavy atom. The molecule has 184 valence electrons. The van der Waals surface area contributed by atoms with Crippen LogP contribution in [0.5, 0.6) is 11.5 Å². The Kier molecular flexibility index (Phi) is 12.7. The van der Waals surface area contributed by atoms with Crippen LogP contribution in [-0.4, -0.2) is 56.8 Å². The van der Waals surface area contributed by atoms with Gasteiger partial charge in [0.05, 0.1) is 6.54 Å².